The summed E-state index contributed by atoms with van der Waals surface area (Å²) in [5.41, 5.74) is 0. The van der Waals surface area contributed by atoms with Crippen LogP contribution in [0.25, 0.3) is 0 Å². The third-order valence-electron chi connectivity index (χ3n) is 3.95. The van der Waals surface area contributed by atoms with Crippen LogP contribution in [0, 0.1) is 0 Å². The van der Waals surface area contributed by atoms with Gasteiger partial charge in [0.05, 0.1) is 12.6 Å². The van der Waals surface area contributed by atoms with Crippen molar-refractivity contribution in [1.82, 2.24) is 9.80 Å². The lowest BCUT2D eigenvalue weighted by Gasteiger charge is -2.23. The molecule has 2 aliphatic heterocycles. The second-order valence-electron chi connectivity index (χ2n) is 5.33. The highest BCUT2D eigenvalue weighted by atomic mass is 16.5. The molecule has 1 N–H and O–H groups in total. The summed E-state index contributed by atoms with van der Waals surface area (Å²) in [6, 6.07) is 0. The standard InChI is InChI=1S/C13H24N2O3/c1-18-12-9-15(8-11(12)16)13(17)10-14-6-4-2-3-5-7-14/h11-12,16H,2-10H2,1H3/t11-,12-/m0/s1. The Morgan fingerprint density at radius 3 is 2.44 bits per heavy atom. The van der Waals surface area contributed by atoms with E-state index < -0.39 is 6.10 Å². The largest absolute Gasteiger partial charge is 0.388 e. The summed E-state index contributed by atoms with van der Waals surface area (Å²) in [4.78, 5) is 16.1. The molecule has 0 aromatic rings. The fourth-order valence-electron chi connectivity index (χ4n) is 2.78. The predicted molar refractivity (Wildman–Crippen MR) is 68.3 cm³/mol. The lowest BCUT2D eigenvalue weighted by molar-refractivity contribution is -0.131. The van der Waals surface area contributed by atoms with E-state index in [0.29, 0.717) is 19.6 Å². The van der Waals surface area contributed by atoms with Crippen molar-refractivity contribution < 1.29 is 14.6 Å². The number of hydrogen-bond acceptors (Lipinski definition) is 4. The second-order valence-corrected chi connectivity index (χ2v) is 5.33. The summed E-state index contributed by atoms with van der Waals surface area (Å²) in [5.74, 6) is 0.121. The number of β-amino-alcohol motifs (C(OH)–C–C–N with tert-alkyl or cyclic N) is 1. The Kier molecular flexibility index (Phi) is 4.97. The van der Waals surface area contributed by atoms with Gasteiger partial charge in [0.15, 0.2) is 0 Å². The van der Waals surface area contributed by atoms with Crippen LogP contribution in [-0.2, 0) is 9.53 Å². The maximum Gasteiger partial charge on any atom is 0.236 e. The molecule has 5 heteroatoms. The lowest BCUT2D eigenvalue weighted by atomic mass is 10.2. The van der Waals surface area contributed by atoms with Crippen LogP contribution in [0.15, 0.2) is 0 Å². The van der Waals surface area contributed by atoms with Gasteiger partial charge in [0.25, 0.3) is 0 Å². The average Bonchev–Trinajstić information content (AvgIpc) is 2.57. The van der Waals surface area contributed by atoms with Crippen LogP contribution < -0.4 is 0 Å². The molecule has 5 nitrogen and oxygen atoms in total. The first kappa shape index (κ1) is 13.8. The third-order valence-corrected chi connectivity index (χ3v) is 3.95. The Bertz CT molecular complexity index is 277. The molecule has 2 atom stereocenters. The first-order chi connectivity index (χ1) is 8.70. The van der Waals surface area contributed by atoms with Gasteiger partial charge in [-0.25, -0.2) is 0 Å². The zero-order valence-corrected chi connectivity index (χ0v) is 11.2. The summed E-state index contributed by atoms with van der Waals surface area (Å²) in [7, 11) is 1.58. The molecule has 0 unspecified atom stereocenters. The van der Waals surface area contributed by atoms with E-state index in [1.165, 1.54) is 25.7 Å². The molecule has 0 spiro atoms. The van der Waals surface area contributed by atoms with Crippen molar-refractivity contribution in [3.05, 3.63) is 0 Å². The van der Waals surface area contributed by atoms with Crippen molar-refractivity contribution in [3.8, 4) is 0 Å². The maximum absolute atomic E-state index is 12.2. The van der Waals surface area contributed by atoms with Crippen LogP contribution in [0.5, 0.6) is 0 Å². The Labute approximate surface area is 109 Å². The molecular weight excluding hydrogens is 232 g/mol. The van der Waals surface area contributed by atoms with E-state index in [0.717, 1.165) is 13.1 Å². The average molecular weight is 256 g/mol. The van der Waals surface area contributed by atoms with Gasteiger partial charge >= 0.3 is 0 Å². The van der Waals surface area contributed by atoms with Crippen molar-refractivity contribution >= 4 is 5.91 Å². The van der Waals surface area contributed by atoms with Crippen LogP contribution in [0.1, 0.15) is 25.7 Å². The fraction of sp³-hybridized carbons (Fsp3) is 0.923. The summed E-state index contributed by atoms with van der Waals surface area (Å²) >= 11 is 0. The lowest BCUT2D eigenvalue weighted by Crippen LogP contribution is -2.40. The third kappa shape index (κ3) is 3.43. The first-order valence-electron chi connectivity index (χ1n) is 6.91. The topological polar surface area (TPSA) is 53.0 Å². The summed E-state index contributed by atoms with van der Waals surface area (Å²) in [6.45, 7) is 3.46. The normalized spacial score (nSPS) is 30.4. The van der Waals surface area contributed by atoms with E-state index >= 15 is 0 Å². The highest BCUT2D eigenvalue weighted by molar-refractivity contribution is 5.78. The summed E-state index contributed by atoms with van der Waals surface area (Å²) in [6.07, 6.45) is 4.17. The van der Waals surface area contributed by atoms with Crippen molar-refractivity contribution in [2.75, 3.05) is 39.8 Å². The van der Waals surface area contributed by atoms with E-state index in [2.05, 4.69) is 4.90 Å². The van der Waals surface area contributed by atoms with Gasteiger partial charge in [-0.2, -0.15) is 0 Å². The van der Waals surface area contributed by atoms with Gasteiger partial charge in [0.1, 0.15) is 6.10 Å². The minimum absolute atomic E-state index is 0.121. The Morgan fingerprint density at radius 2 is 1.89 bits per heavy atom. The molecule has 0 aliphatic carbocycles. The van der Waals surface area contributed by atoms with E-state index in [4.69, 9.17) is 4.74 Å². The number of rotatable bonds is 3. The fourth-order valence-corrected chi connectivity index (χ4v) is 2.78. The number of likely N-dealkylation sites (tertiary alicyclic amines) is 2. The molecule has 0 aromatic carbocycles. The van der Waals surface area contributed by atoms with Crippen molar-refractivity contribution in [2.24, 2.45) is 0 Å². The molecule has 2 aliphatic rings. The van der Waals surface area contributed by atoms with Crippen molar-refractivity contribution in [1.29, 1.82) is 0 Å². The van der Waals surface area contributed by atoms with Crippen LogP contribution >= 0.6 is 0 Å². The quantitative estimate of drug-likeness (QED) is 0.777. The molecule has 104 valence electrons. The smallest absolute Gasteiger partial charge is 0.236 e. The number of aliphatic hydroxyl groups is 1. The minimum atomic E-state index is -0.539. The number of nitrogens with zero attached hydrogens (tertiary/aromatic N) is 2. The second kappa shape index (κ2) is 6.50. The number of ether oxygens (including phenoxy) is 1. The van der Waals surface area contributed by atoms with Gasteiger partial charge in [0, 0.05) is 20.2 Å². The van der Waals surface area contributed by atoms with E-state index in [1.54, 1.807) is 12.0 Å². The zero-order chi connectivity index (χ0) is 13.0. The Balaban J connectivity index is 1.80. The van der Waals surface area contributed by atoms with Gasteiger partial charge in [-0.1, -0.05) is 12.8 Å². The number of aliphatic hydroxyl groups excluding tert-OH is 1. The van der Waals surface area contributed by atoms with Crippen molar-refractivity contribution in [3.63, 3.8) is 0 Å². The Morgan fingerprint density at radius 1 is 1.22 bits per heavy atom. The maximum atomic E-state index is 12.2. The number of methoxy groups -OCH3 is 1. The summed E-state index contributed by atoms with van der Waals surface area (Å²) < 4.78 is 5.16. The highest BCUT2D eigenvalue weighted by Gasteiger charge is 2.34. The molecule has 1 amide bonds. The molecule has 2 fully saturated rings. The zero-order valence-electron chi connectivity index (χ0n) is 11.2. The van der Waals surface area contributed by atoms with E-state index in [9.17, 15) is 9.90 Å². The molecule has 0 aromatic heterocycles. The van der Waals surface area contributed by atoms with Gasteiger partial charge in [-0.05, 0) is 25.9 Å². The predicted octanol–water partition coefficient (Wildman–Crippen LogP) is 0.0805. The van der Waals surface area contributed by atoms with Gasteiger partial charge in [0.2, 0.25) is 5.91 Å². The van der Waals surface area contributed by atoms with Crippen LogP contribution in [0.4, 0.5) is 0 Å². The Hall–Kier alpha value is -0.650. The highest BCUT2D eigenvalue weighted by Crippen LogP contribution is 2.14. The van der Waals surface area contributed by atoms with Crippen LogP contribution in [-0.4, -0.2) is 72.9 Å². The number of hydrogen-bond donors (Lipinski definition) is 1. The van der Waals surface area contributed by atoms with Gasteiger partial charge in [-0.3, -0.25) is 9.69 Å². The minimum Gasteiger partial charge on any atom is -0.388 e. The molecule has 0 saturated carbocycles. The molecular formula is C13H24N2O3. The monoisotopic (exact) mass is 256 g/mol. The van der Waals surface area contributed by atoms with Crippen LogP contribution in [0.2, 0.25) is 0 Å². The van der Waals surface area contributed by atoms with Crippen molar-refractivity contribution in [2.45, 2.75) is 37.9 Å². The molecule has 0 radical (unpaired) electrons. The number of carbonyl (C=O) groups is 1. The molecule has 2 heterocycles. The van der Waals surface area contributed by atoms with Gasteiger partial charge < -0.3 is 14.7 Å². The van der Waals surface area contributed by atoms with E-state index in [-0.39, 0.29) is 12.0 Å². The molecule has 18 heavy (non-hydrogen) atoms. The molecule has 0 bridgehead atoms. The van der Waals surface area contributed by atoms with Crippen LogP contribution in [0.3, 0.4) is 0 Å². The first-order valence-corrected chi connectivity index (χ1v) is 6.91. The number of amides is 1. The van der Waals surface area contributed by atoms with Gasteiger partial charge in [-0.15, -0.1) is 0 Å². The molecule has 2 rings (SSSR count). The summed E-state index contributed by atoms with van der Waals surface area (Å²) in [5, 5.41) is 9.73. The van der Waals surface area contributed by atoms with E-state index in [1.807, 2.05) is 0 Å². The SMILES string of the molecule is CO[C@H]1CN(C(=O)CN2CCCCCC2)C[C@@H]1O. The number of carbonyl (C=O) groups excluding carboxylic acids is 1. The molecule has 2 saturated heterocycles.